The maximum Gasteiger partial charge on any atom is 0.216 e. The van der Waals surface area contributed by atoms with Crippen molar-refractivity contribution in [1.29, 1.82) is 0 Å². The molecule has 0 fully saturated rings. The molecule has 42 heavy (non-hydrogen) atoms. The SMILES string of the molecule is Cc1ccc(-c2[c-]cccc2)nc1.[2H]C([2H])(c1cc2ccnc(-c3[c-]ccc4c3oc3nc(C)ccc34)c2s1)C(C)(C)C.[Ir]. The third kappa shape index (κ3) is 6.36. The maximum absolute atomic E-state index is 8.67. The van der Waals surface area contributed by atoms with Crippen LogP contribution in [0, 0.1) is 31.4 Å². The molecule has 0 saturated heterocycles. The Labute approximate surface area is 267 Å². The van der Waals surface area contributed by atoms with E-state index >= 15 is 0 Å². The van der Waals surface area contributed by atoms with Crippen molar-refractivity contribution < 1.29 is 27.3 Å². The molecule has 0 saturated carbocycles. The van der Waals surface area contributed by atoms with Crippen molar-refractivity contribution >= 4 is 43.5 Å². The molecule has 0 atom stereocenters. The summed E-state index contributed by atoms with van der Waals surface area (Å²) >= 11 is 1.46. The molecule has 213 valence electrons. The molecule has 7 rings (SSSR count). The molecular weight excluding hydrogens is 715 g/mol. The zero-order valence-electron chi connectivity index (χ0n) is 26.1. The van der Waals surface area contributed by atoms with Gasteiger partial charge in [0.25, 0.3) is 0 Å². The zero-order chi connectivity index (χ0) is 30.4. The number of hydrogen-bond acceptors (Lipinski definition) is 5. The molecule has 0 aliphatic heterocycles. The number of pyridine rings is 3. The molecule has 5 aromatic heterocycles. The Bertz CT molecular complexity index is 2060. The van der Waals surface area contributed by atoms with E-state index in [9.17, 15) is 0 Å². The number of fused-ring (bicyclic) bond motifs is 4. The first-order valence-corrected chi connectivity index (χ1v) is 14.3. The van der Waals surface area contributed by atoms with E-state index in [2.05, 4.69) is 33.2 Å². The van der Waals surface area contributed by atoms with Gasteiger partial charge in [0.05, 0.1) is 5.58 Å². The van der Waals surface area contributed by atoms with E-state index in [1.165, 1.54) is 16.9 Å². The van der Waals surface area contributed by atoms with E-state index in [0.29, 0.717) is 16.2 Å². The summed E-state index contributed by atoms with van der Waals surface area (Å²) in [7, 11) is 0. The van der Waals surface area contributed by atoms with Crippen LogP contribution in [0.2, 0.25) is 0 Å². The summed E-state index contributed by atoms with van der Waals surface area (Å²) in [4.78, 5) is 14.2. The van der Waals surface area contributed by atoms with E-state index in [-0.39, 0.29) is 20.1 Å². The second-order valence-corrected chi connectivity index (χ2v) is 12.1. The first kappa shape index (κ1) is 27.2. The Morgan fingerprint density at radius 2 is 1.79 bits per heavy atom. The van der Waals surface area contributed by atoms with Crippen LogP contribution >= 0.6 is 11.3 Å². The Balaban J connectivity index is 0.000000230. The molecule has 0 bridgehead atoms. The zero-order valence-corrected chi connectivity index (χ0v) is 27.3. The molecule has 0 spiro atoms. The van der Waals surface area contributed by atoms with Gasteiger partial charge in [0.2, 0.25) is 5.71 Å². The number of benzene rings is 2. The van der Waals surface area contributed by atoms with Gasteiger partial charge >= 0.3 is 0 Å². The number of rotatable bonds is 3. The second kappa shape index (κ2) is 12.3. The largest absolute Gasteiger partial charge is 0.486 e. The summed E-state index contributed by atoms with van der Waals surface area (Å²) in [6.45, 7) is 9.75. The van der Waals surface area contributed by atoms with E-state index in [0.717, 1.165) is 49.1 Å². The molecule has 0 amide bonds. The van der Waals surface area contributed by atoms with Crippen molar-refractivity contribution in [1.82, 2.24) is 15.0 Å². The summed E-state index contributed by atoms with van der Waals surface area (Å²) < 4.78 is 24.4. The molecule has 0 N–H and O–H groups in total. The van der Waals surface area contributed by atoms with E-state index < -0.39 is 11.8 Å². The summed E-state index contributed by atoms with van der Waals surface area (Å²) in [5.74, 6) is 0. The summed E-state index contributed by atoms with van der Waals surface area (Å²) in [6.07, 6.45) is 2.18. The van der Waals surface area contributed by atoms with Gasteiger partial charge in [-0.1, -0.05) is 43.9 Å². The summed E-state index contributed by atoms with van der Waals surface area (Å²) in [6, 6.07) is 30.1. The number of aromatic nitrogens is 3. The number of furan rings is 1. The van der Waals surface area contributed by atoms with Gasteiger partial charge in [-0.05, 0) is 66.5 Å². The van der Waals surface area contributed by atoms with Crippen LogP contribution in [0.1, 0.15) is 39.6 Å². The van der Waals surface area contributed by atoms with E-state index in [1.54, 1.807) is 6.20 Å². The maximum atomic E-state index is 8.67. The first-order chi connectivity index (χ1) is 20.5. The monoisotopic (exact) mass is 748 g/mol. The minimum absolute atomic E-state index is 0. The molecule has 2 aromatic carbocycles. The molecule has 0 aliphatic carbocycles. The number of nitrogens with zero attached hydrogens (tertiary/aromatic N) is 3. The molecule has 7 aromatic rings. The molecule has 1 radical (unpaired) electrons. The van der Waals surface area contributed by atoms with Gasteiger partial charge in [-0.3, -0.25) is 0 Å². The van der Waals surface area contributed by atoms with E-state index in [4.69, 9.17) is 7.16 Å². The Morgan fingerprint density at radius 1 is 0.929 bits per heavy atom. The molecule has 5 heterocycles. The summed E-state index contributed by atoms with van der Waals surface area (Å²) in [5, 5.41) is 2.92. The standard InChI is InChI=1S/C24H21N2OS.C12H10N.Ir/c1-14-8-9-18-17-6-5-7-19(21(17)27-23(18)26-14)20-22-15(10-11-25-20)12-16(28-22)13-24(2,3)4;1-10-7-8-12(13-9-10)11-5-3-2-4-6-11;/h5-6,8-12H,13H2,1-4H3;2-5,7-9H,1H3;/q2*-1;/i13D2;;. The molecule has 0 aliphatic rings. The van der Waals surface area contributed by atoms with Gasteiger partial charge in [-0.25, -0.2) is 4.98 Å². The van der Waals surface area contributed by atoms with Gasteiger partial charge in [0, 0.05) is 61.6 Å². The van der Waals surface area contributed by atoms with E-state index in [1.807, 2.05) is 108 Å². The fourth-order valence-electron chi connectivity index (χ4n) is 4.64. The average molecular weight is 748 g/mol. The second-order valence-electron chi connectivity index (χ2n) is 11.1. The Hall–Kier alpha value is -3.70. The van der Waals surface area contributed by atoms with Crippen molar-refractivity contribution in [3.05, 3.63) is 113 Å². The van der Waals surface area contributed by atoms with Crippen LogP contribution in [-0.2, 0) is 26.5 Å². The minimum atomic E-state index is -1.45. The Kier molecular flexibility index (Phi) is 7.93. The third-order valence-electron chi connectivity index (χ3n) is 6.50. The van der Waals surface area contributed by atoms with Crippen LogP contribution < -0.4 is 0 Å². The van der Waals surface area contributed by atoms with Gasteiger partial charge in [0.15, 0.2) is 0 Å². The van der Waals surface area contributed by atoms with Crippen LogP contribution in [-0.4, -0.2) is 15.0 Å². The number of aryl methyl sites for hydroxylation is 2. The van der Waals surface area contributed by atoms with Crippen LogP contribution in [0.15, 0.2) is 89.6 Å². The fourth-order valence-corrected chi connectivity index (χ4v) is 5.90. The number of hydrogen-bond donors (Lipinski definition) is 0. The summed E-state index contributed by atoms with van der Waals surface area (Å²) in [5.41, 5.74) is 6.44. The van der Waals surface area contributed by atoms with Crippen LogP contribution in [0.5, 0.6) is 0 Å². The smallest absolute Gasteiger partial charge is 0.216 e. The topological polar surface area (TPSA) is 51.8 Å². The van der Waals surface area contributed by atoms with Gasteiger partial charge in [0.1, 0.15) is 0 Å². The molecular formula is C36H31IrN3OS-2. The van der Waals surface area contributed by atoms with Crippen LogP contribution in [0.3, 0.4) is 0 Å². The van der Waals surface area contributed by atoms with Crippen molar-refractivity contribution in [2.24, 2.45) is 5.41 Å². The van der Waals surface area contributed by atoms with Gasteiger partial charge < -0.3 is 14.4 Å². The van der Waals surface area contributed by atoms with Crippen molar-refractivity contribution in [3.8, 4) is 22.5 Å². The minimum Gasteiger partial charge on any atom is -0.486 e. The van der Waals surface area contributed by atoms with Crippen molar-refractivity contribution in [2.45, 2.75) is 41.0 Å². The Morgan fingerprint density at radius 3 is 2.52 bits per heavy atom. The fraction of sp³-hybridized carbons (Fsp3) is 0.194. The van der Waals surface area contributed by atoms with Crippen LogP contribution in [0.25, 0.3) is 54.7 Å². The predicted molar refractivity (Wildman–Crippen MR) is 170 cm³/mol. The third-order valence-corrected chi connectivity index (χ3v) is 7.58. The average Bonchev–Trinajstić information content (AvgIpc) is 3.60. The normalized spacial score (nSPS) is 12.4. The first-order valence-electron chi connectivity index (χ1n) is 14.5. The number of thiophene rings is 1. The van der Waals surface area contributed by atoms with Gasteiger partial charge in [-0.2, -0.15) is 0 Å². The van der Waals surface area contributed by atoms with Crippen LogP contribution in [0.4, 0.5) is 0 Å². The molecule has 4 nitrogen and oxygen atoms in total. The quantitative estimate of drug-likeness (QED) is 0.169. The van der Waals surface area contributed by atoms with Crippen molar-refractivity contribution in [2.75, 3.05) is 0 Å². The van der Waals surface area contributed by atoms with Crippen molar-refractivity contribution in [3.63, 3.8) is 0 Å². The van der Waals surface area contributed by atoms with Gasteiger partial charge in [-0.15, -0.1) is 65.4 Å². The molecule has 0 unspecified atom stereocenters. The predicted octanol–water partition coefficient (Wildman–Crippen LogP) is 9.81. The molecule has 6 heteroatoms.